The molecule has 0 spiro atoms. The van der Waals surface area contributed by atoms with E-state index in [9.17, 15) is 4.21 Å². The summed E-state index contributed by atoms with van der Waals surface area (Å²) in [6, 6.07) is 7.73. The Labute approximate surface area is 166 Å². The minimum Gasteiger partial charge on any atom is -0.364 e. The molecule has 0 amide bonds. The summed E-state index contributed by atoms with van der Waals surface area (Å²) in [4.78, 5) is 23.4. The highest BCUT2D eigenvalue weighted by Crippen LogP contribution is 2.22. The Balaban J connectivity index is 1.62. The van der Waals surface area contributed by atoms with Gasteiger partial charge in [-0.1, -0.05) is 12.1 Å². The quantitative estimate of drug-likeness (QED) is 0.693. The predicted octanol–water partition coefficient (Wildman–Crippen LogP) is 1.52. The number of benzene rings is 1. The van der Waals surface area contributed by atoms with Crippen molar-refractivity contribution in [3.05, 3.63) is 42.2 Å². The summed E-state index contributed by atoms with van der Waals surface area (Å²) < 4.78 is 11.7. The Morgan fingerprint density at radius 2 is 1.89 bits per heavy atom. The Morgan fingerprint density at radius 1 is 1.11 bits per heavy atom. The molecule has 1 aliphatic rings. The number of rotatable bonds is 5. The van der Waals surface area contributed by atoms with Crippen LogP contribution in [0.4, 0.5) is 11.8 Å². The van der Waals surface area contributed by atoms with E-state index >= 15 is 0 Å². The van der Waals surface area contributed by atoms with Crippen LogP contribution in [-0.4, -0.2) is 68.5 Å². The lowest BCUT2D eigenvalue weighted by molar-refractivity contribution is 0.311. The number of likely N-dealkylation sites (N-methyl/N-ethyl adjacent to an activating group) is 1. The Bertz CT molecular complexity index is 1000. The molecule has 28 heavy (non-hydrogen) atoms. The summed E-state index contributed by atoms with van der Waals surface area (Å²) in [5.41, 5.74) is 2.26. The molecule has 3 aromatic rings. The van der Waals surface area contributed by atoms with Gasteiger partial charge in [0.1, 0.15) is 0 Å². The highest BCUT2D eigenvalue weighted by molar-refractivity contribution is 7.84. The van der Waals surface area contributed by atoms with Crippen molar-refractivity contribution >= 4 is 33.7 Å². The van der Waals surface area contributed by atoms with Gasteiger partial charge in [0, 0.05) is 67.1 Å². The molecule has 9 heteroatoms. The van der Waals surface area contributed by atoms with E-state index in [0.717, 1.165) is 36.6 Å². The molecular formula is C19H23N7OS. The first-order valence-corrected chi connectivity index (χ1v) is 10.7. The first-order valence-electron chi connectivity index (χ1n) is 9.18. The van der Waals surface area contributed by atoms with Crippen LogP contribution in [0.5, 0.6) is 0 Å². The summed E-state index contributed by atoms with van der Waals surface area (Å²) in [7, 11) is 1.11. The van der Waals surface area contributed by atoms with Crippen molar-refractivity contribution in [1.29, 1.82) is 0 Å². The van der Waals surface area contributed by atoms with Gasteiger partial charge in [-0.25, -0.2) is 9.97 Å². The van der Waals surface area contributed by atoms with Crippen LogP contribution >= 0.6 is 0 Å². The number of nitrogens with zero attached hydrogens (tertiary/aromatic N) is 6. The normalized spacial score (nSPS) is 16.3. The van der Waals surface area contributed by atoms with Gasteiger partial charge in [0.05, 0.1) is 0 Å². The summed E-state index contributed by atoms with van der Waals surface area (Å²) >= 11 is 0. The Hall–Kier alpha value is -2.65. The summed E-state index contributed by atoms with van der Waals surface area (Å²) in [6.07, 6.45) is 4.97. The van der Waals surface area contributed by atoms with E-state index < -0.39 is 10.8 Å². The Kier molecular flexibility index (Phi) is 5.45. The van der Waals surface area contributed by atoms with Crippen molar-refractivity contribution < 1.29 is 4.21 Å². The summed E-state index contributed by atoms with van der Waals surface area (Å²) in [5.74, 6) is 1.34. The van der Waals surface area contributed by atoms with E-state index in [0.29, 0.717) is 29.5 Å². The molecule has 0 saturated carbocycles. The third-order valence-corrected chi connectivity index (χ3v) is 5.72. The van der Waals surface area contributed by atoms with Crippen molar-refractivity contribution in [3.8, 4) is 0 Å². The molecule has 1 unspecified atom stereocenters. The zero-order valence-electron chi connectivity index (χ0n) is 16.0. The van der Waals surface area contributed by atoms with Crippen molar-refractivity contribution in [3.63, 3.8) is 0 Å². The summed E-state index contributed by atoms with van der Waals surface area (Å²) in [6.45, 7) is 4.27. The Morgan fingerprint density at radius 3 is 2.68 bits per heavy atom. The molecule has 8 nitrogen and oxygen atoms in total. The second-order valence-corrected chi connectivity index (χ2v) is 8.23. The van der Waals surface area contributed by atoms with Crippen LogP contribution in [0.1, 0.15) is 5.56 Å². The van der Waals surface area contributed by atoms with Gasteiger partial charge in [-0.3, -0.25) is 4.21 Å². The standard InChI is InChI=1S/C19H23N7OS/c1-25-8-10-26(11-9-25)19-23-17-16(20-6-7-21-17)18(24-19)22-13-14-4-3-5-15(12-14)28(2)27/h3-7,12H,8-11,13H2,1-2H3,(H,21,22,23,24). The summed E-state index contributed by atoms with van der Waals surface area (Å²) in [5, 5.41) is 3.37. The minimum absolute atomic E-state index is 0.551. The van der Waals surface area contributed by atoms with Gasteiger partial charge in [0.25, 0.3) is 0 Å². The fourth-order valence-corrected chi connectivity index (χ4v) is 3.73. The van der Waals surface area contributed by atoms with Gasteiger partial charge in [-0.15, -0.1) is 0 Å². The van der Waals surface area contributed by atoms with Gasteiger partial charge >= 0.3 is 0 Å². The van der Waals surface area contributed by atoms with Crippen LogP contribution in [0.15, 0.2) is 41.6 Å². The van der Waals surface area contributed by atoms with Crippen LogP contribution in [-0.2, 0) is 17.3 Å². The number of nitrogens with one attached hydrogen (secondary N) is 1. The van der Waals surface area contributed by atoms with Gasteiger partial charge in [0.15, 0.2) is 17.0 Å². The van der Waals surface area contributed by atoms with E-state index in [1.807, 2.05) is 24.3 Å². The molecule has 2 aromatic heterocycles. The lowest BCUT2D eigenvalue weighted by atomic mass is 10.2. The van der Waals surface area contributed by atoms with Crippen LogP contribution < -0.4 is 10.2 Å². The third kappa shape index (κ3) is 4.10. The largest absolute Gasteiger partial charge is 0.364 e. The maximum Gasteiger partial charge on any atom is 0.229 e. The van der Waals surface area contributed by atoms with Crippen molar-refractivity contribution in [2.24, 2.45) is 0 Å². The van der Waals surface area contributed by atoms with Crippen LogP contribution in [0.2, 0.25) is 0 Å². The van der Waals surface area contributed by atoms with E-state index in [4.69, 9.17) is 4.98 Å². The highest BCUT2D eigenvalue weighted by Gasteiger charge is 2.19. The lowest BCUT2D eigenvalue weighted by Crippen LogP contribution is -2.45. The monoisotopic (exact) mass is 397 g/mol. The molecule has 1 fully saturated rings. The fraction of sp³-hybridized carbons (Fsp3) is 0.368. The van der Waals surface area contributed by atoms with Crippen LogP contribution in [0.25, 0.3) is 11.2 Å². The predicted molar refractivity (Wildman–Crippen MR) is 111 cm³/mol. The molecule has 1 aromatic carbocycles. The SMILES string of the molecule is CN1CCN(c2nc(NCc3cccc(S(C)=O)c3)c3nccnc3n2)CC1. The van der Waals surface area contributed by atoms with Crippen molar-refractivity contribution in [2.45, 2.75) is 11.4 Å². The van der Waals surface area contributed by atoms with Gasteiger partial charge in [0.2, 0.25) is 5.95 Å². The first-order chi connectivity index (χ1) is 13.6. The maximum atomic E-state index is 11.7. The number of piperazine rings is 1. The molecule has 1 saturated heterocycles. The van der Waals surface area contributed by atoms with E-state index in [1.165, 1.54) is 0 Å². The topological polar surface area (TPSA) is 87.1 Å². The number of hydrogen-bond acceptors (Lipinski definition) is 8. The molecule has 3 heterocycles. The van der Waals surface area contributed by atoms with Gasteiger partial charge < -0.3 is 15.1 Å². The number of hydrogen-bond donors (Lipinski definition) is 1. The molecule has 0 aliphatic carbocycles. The number of aromatic nitrogens is 4. The van der Waals surface area contributed by atoms with Crippen LogP contribution in [0.3, 0.4) is 0 Å². The highest BCUT2D eigenvalue weighted by atomic mass is 32.2. The molecule has 146 valence electrons. The van der Waals surface area contributed by atoms with Crippen molar-refractivity contribution in [1.82, 2.24) is 24.8 Å². The maximum absolute atomic E-state index is 11.7. The first kappa shape index (κ1) is 18.7. The average molecular weight is 398 g/mol. The molecule has 0 radical (unpaired) electrons. The lowest BCUT2D eigenvalue weighted by Gasteiger charge is -2.32. The molecule has 0 bridgehead atoms. The second-order valence-electron chi connectivity index (χ2n) is 6.85. The van der Waals surface area contributed by atoms with E-state index in [-0.39, 0.29) is 0 Å². The van der Waals surface area contributed by atoms with Crippen LogP contribution in [0, 0.1) is 0 Å². The zero-order chi connectivity index (χ0) is 19.5. The average Bonchev–Trinajstić information content (AvgIpc) is 2.72. The smallest absolute Gasteiger partial charge is 0.229 e. The third-order valence-electron chi connectivity index (χ3n) is 4.80. The number of anilines is 2. The van der Waals surface area contributed by atoms with Gasteiger partial charge in [-0.05, 0) is 24.7 Å². The molecule has 1 atom stereocenters. The molecule has 1 aliphatic heterocycles. The van der Waals surface area contributed by atoms with Gasteiger partial charge in [-0.2, -0.15) is 9.97 Å². The minimum atomic E-state index is -1.01. The zero-order valence-corrected chi connectivity index (χ0v) is 16.8. The van der Waals surface area contributed by atoms with E-state index in [1.54, 1.807) is 18.6 Å². The van der Waals surface area contributed by atoms with Crippen molar-refractivity contribution in [2.75, 3.05) is 49.7 Å². The number of fused-ring (bicyclic) bond motifs is 1. The fourth-order valence-electron chi connectivity index (χ4n) is 3.14. The molecule has 4 rings (SSSR count). The van der Waals surface area contributed by atoms with E-state index in [2.05, 4.69) is 37.1 Å². The second kappa shape index (κ2) is 8.15. The molecular weight excluding hydrogens is 374 g/mol. The molecule has 1 N–H and O–H groups in total.